The van der Waals surface area contributed by atoms with Crippen LogP contribution in [-0.4, -0.2) is 44.4 Å². The molecule has 1 aromatic carbocycles. The van der Waals surface area contributed by atoms with Crippen molar-refractivity contribution in [1.29, 1.82) is 0 Å². The normalized spacial score (nSPS) is 20.6. The zero-order valence-electron chi connectivity index (χ0n) is 13.7. The van der Waals surface area contributed by atoms with Crippen LogP contribution in [0.15, 0.2) is 30.3 Å². The molecule has 0 unspecified atom stereocenters. The van der Waals surface area contributed by atoms with Gasteiger partial charge in [0.05, 0.1) is 12.7 Å². The summed E-state index contributed by atoms with van der Waals surface area (Å²) >= 11 is 0. The molecule has 1 heterocycles. The first-order chi connectivity index (χ1) is 11.3. The quantitative estimate of drug-likeness (QED) is 0.643. The van der Waals surface area contributed by atoms with Crippen LogP contribution in [0.25, 0.3) is 0 Å². The number of carbonyl (C=O) groups excluding carboxylic acids is 1. The topological polar surface area (TPSA) is 73.6 Å². The molecule has 1 aliphatic rings. The van der Waals surface area contributed by atoms with Crippen LogP contribution in [0.2, 0.25) is 0 Å². The Hall–Kier alpha value is -1.43. The minimum atomic E-state index is -0.314. The van der Waals surface area contributed by atoms with E-state index in [1.807, 2.05) is 18.2 Å². The fourth-order valence-electron chi connectivity index (χ4n) is 2.66. The molecule has 0 bridgehead atoms. The highest BCUT2D eigenvalue weighted by molar-refractivity contribution is 5.80. The fourth-order valence-corrected chi connectivity index (χ4v) is 2.66. The van der Waals surface area contributed by atoms with Crippen molar-refractivity contribution in [3.8, 4) is 0 Å². The molecule has 0 aromatic heterocycles. The molecule has 0 saturated carbocycles. The molecule has 1 fully saturated rings. The average Bonchev–Trinajstić information content (AvgIpc) is 3.07. The van der Waals surface area contributed by atoms with Gasteiger partial charge in [-0.05, 0) is 37.7 Å². The lowest BCUT2D eigenvalue weighted by Gasteiger charge is -2.12. The molecule has 1 aromatic rings. The third kappa shape index (κ3) is 6.69. The average molecular weight is 320 g/mol. The maximum atomic E-state index is 11.9. The van der Waals surface area contributed by atoms with E-state index in [9.17, 15) is 4.79 Å². The number of unbranched alkanes of at least 4 members (excludes halogenated alkanes) is 1. The van der Waals surface area contributed by atoms with Crippen LogP contribution < -0.4 is 11.1 Å². The summed E-state index contributed by atoms with van der Waals surface area (Å²) in [5.74, 6) is -0.00838. The van der Waals surface area contributed by atoms with Gasteiger partial charge in [0.2, 0.25) is 5.91 Å². The summed E-state index contributed by atoms with van der Waals surface area (Å²) < 4.78 is 11.2. The molecule has 0 aliphatic carbocycles. The number of rotatable bonds is 10. The fraction of sp³-hybridized carbons (Fsp3) is 0.611. The van der Waals surface area contributed by atoms with Crippen molar-refractivity contribution in [2.75, 3.05) is 26.3 Å². The molecule has 2 atom stereocenters. The van der Waals surface area contributed by atoms with Gasteiger partial charge in [0.25, 0.3) is 0 Å². The lowest BCUT2D eigenvalue weighted by Crippen LogP contribution is -2.36. The molecule has 128 valence electrons. The second-order valence-corrected chi connectivity index (χ2v) is 5.91. The number of nitrogens with two attached hydrogens (primary N) is 1. The molecule has 0 radical (unpaired) electrons. The second-order valence-electron chi connectivity index (χ2n) is 5.91. The highest BCUT2D eigenvalue weighted by Gasteiger charge is 2.29. The standard InChI is InChI=1S/C18H28N2O3/c19-14-16-8-9-17(23-16)18(21)20-11-4-5-12-22-13-10-15-6-2-1-3-7-15/h1-3,6-7,16-17H,4-5,8-14,19H2,(H,20,21)/t16-,17+/m1/s1. The van der Waals surface area contributed by atoms with Crippen LogP contribution >= 0.6 is 0 Å². The van der Waals surface area contributed by atoms with Crippen molar-refractivity contribution in [1.82, 2.24) is 5.32 Å². The van der Waals surface area contributed by atoms with E-state index in [4.69, 9.17) is 15.2 Å². The van der Waals surface area contributed by atoms with Gasteiger partial charge in [-0.25, -0.2) is 0 Å². The Bertz CT molecular complexity index is 453. The van der Waals surface area contributed by atoms with E-state index in [0.29, 0.717) is 13.1 Å². The third-order valence-electron chi connectivity index (χ3n) is 4.06. The molecule has 2 rings (SSSR count). The number of amides is 1. The maximum absolute atomic E-state index is 11.9. The zero-order chi connectivity index (χ0) is 16.3. The molecule has 3 N–H and O–H groups in total. The molecule has 5 nitrogen and oxygen atoms in total. The first-order valence-corrected chi connectivity index (χ1v) is 8.54. The SMILES string of the molecule is NC[C@H]1CC[C@@H](C(=O)NCCCCOCCc2ccccc2)O1. The third-order valence-corrected chi connectivity index (χ3v) is 4.06. The summed E-state index contributed by atoms with van der Waals surface area (Å²) in [5, 5.41) is 2.93. The first-order valence-electron chi connectivity index (χ1n) is 8.54. The Morgan fingerprint density at radius 2 is 2.04 bits per heavy atom. The van der Waals surface area contributed by atoms with Gasteiger partial charge in [-0.3, -0.25) is 4.79 Å². The first kappa shape index (κ1) is 17.9. The maximum Gasteiger partial charge on any atom is 0.249 e. The van der Waals surface area contributed by atoms with E-state index in [-0.39, 0.29) is 18.1 Å². The van der Waals surface area contributed by atoms with E-state index in [1.165, 1.54) is 5.56 Å². The van der Waals surface area contributed by atoms with Crippen LogP contribution in [0.5, 0.6) is 0 Å². The van der Waals surface area contributed by atoms with Crippen molar-refractivity contribution in [2.45, 2.75) is 44.3 Å². The van der Waals surface area contributed by atoms with Gasteiger partial charge in [-0.1, -0.05) is 30.3 Å². The van der Waals surface area contributed by atoms with Gasteiger partial charge in [0.15, 0.2) is 0 Å². The van der Waals surface area contributed by atoms with Crippen LogP contribution in [0.3, 0.4) is 0 Å². The monoisotopic (exact) mass is 320 g/mol. The van der Waals surface area contributed by atoms with Gasteiger partial charge in [0.1, 0.15) is 6.10 Å². The zero-order valence-corrected chi connectivity index (χ0v) is 13.7. The van der Waals surface area contributed by atoms with Crippen LogP contribution in [0.4, 0.5) is 0 Å². The van der Waals surface area contributed by atoms with Crippen LogP contribution in [-0.2, 0) is 20.7 Å². The number of hydrogen-bond donors (Lipinski definition) is 2. The Morgan fingerprint density at radius 1 is 1.22 bits per heavy atom. The predicted octanol–water partition coefficient (Wildman–Crippen LogP) is 1.65. The largest absolute Gasteiger partial charge is 0.381 e. The van der Waals surface area contributed by atoms with Crippen LogP contribution in [0, 0.1) is 0 Å². The Labute approximate surface area is 138 Å². The highest BCUT2D eigenvalue weighted by Crippen LogP contribution is 2.18. The molecular weight excluding hydrogens is 292 g/mol. The summed E-state index contributed by atoms with van der Waals surface area (Å²) in [5.41, 5.74) is 6.84. The van der Waals surface area contributed by atoms with Gasteiger partial charge >= 0.3 is 0 Å². The van der Waals surface area contributed by atoms with Gasteiger partial charge in [-0.2, -0.15) is 0 Å². The number of ether oxygens (including phenoxy) is 2. The van der Waals surface area contributed by atoms with Crippen LogP contribution in [0.1, 0.15) is 31.2 Å². The molecule has 0 spiro atoms. The summed E-state index contributed by atoms with van der Waals surface area (Å²) in [4.78, 5) is 11.9. The number of benzene rings is 1. The lowest BCUT2D eigenvalue weighted by atomic mass is 10.2. The predicted molar refractivity (Wildman–Crippen MR) is 90.2 cm³/mol. The lowest BCUT2D eigenvalue weighted by molar-refractivity contribution is -0.131. The number of nitrogens with one attached hydrogen (secondary N) is 1. The Kier molecular flexibility index (Phi) is 8.07. The van der Waals surface area contributed by atoms with Crippen molar-refractivity contribution in [3.63, 3.8) is 0 Å². The molecule has 1 aliphatic heterocycles. The number of carbonyl (C=O) groups is 1. The molecule has 5 heteroatoms. The Morgan fingerprint density at radius 3 is 2.78 bits per heavy atom. The Balaban J connectivity index is 1.43. The van der Waals surface area contributed by atoms with Crippen molar-refractivity contribution < 1.29 is 14.3 Å². The smallest absolute Gasteiger partial charge is 0.249 e. The van der Waals surface area contributed by atoms with Crippen molar-refractivity contribution in [3.05, 3.63) is 35.9 Å². The van der Waals surface area contributed by atoms with Gasteiger partial charge in [0, 0.05) is 19.7 Å². The molecule has 23 heavy (non-hydrogen) atoms. The van der Waals surface area contributed by atoms with Gasteiger partial charge in [-0.15, -0.1) is 0 Å². The van der Waals surface area contributed by atoms with Crippen molar-refractivity contribution in [2.24, 2.45) is 5.73 Å². The summed E-state index contributed by atoms with van der Waals surface area (Å²) in [7, 11) is 0. The van der Waals surface area contributed by atoms with E-state index in [2.05, 4.69) is 17.4 Å². The summed E-state index contributed by atoms with van der Waals surface area (Å²) in [6.45, 7) is 2.64. The second kappa shape index (κ2) is 10.4. The summed E-state index contributed by atoms with van der Waals surface area (Å²) in [6.07, 6.45) is 4.20. The minimum absolute atomic E-state index is 0.00838. The molecular formula is C18H28N2O3. The molecule has 1 saturated heterocycles. The molecule has 1 amide bonds. The van der Waals surface area contributed by atoms with E-state index in [1.54, 1.807) is 0 Å². The summed E-state index contributed by atoms with van der Waals surface area (Å²) in [6, 6.07) is 10.3. The minimum Gasteiger partial charge on any atom is -0.381 e. The van der Waals surface area contributed by atoms with E-state index < -0.39 is 0 Å². The van der Waals surface area contributed by atoms with Gasteiger partial charge < -0.3 is 20.5 Å². The van der Waals surface area contributed by atoms with Crippen molar-refractivity contribution >= 4 is 5.91 Å². The number of hydrogen-bond acceptors (Lipinski definition) is 4. The highest BCUT2D eigenvalue weighted by atomic mass is 16.5. The van der Waals surface area contributed by atoms with E-state index in [0.717, 1.165) is 45.3 Å². The van der Waals surface area contributed by atoms with E-state index >= 15 is 0 Å².